The molecule has 0 radical (unpaired) electrons. The highest BCUT2D eigenvalue weighted by Crippen LogP contribution is 2.22. The van der Waals surface area contributed by atoms with Crippen molar-refractivity contribution < 1.29 is 9.47 Å². The van der Waals surface area contributed by atoms with E-state index in [4.69, 9.17) is 9.47 Å². The molecule has 0 saturated carbocycles. The van der Waals surface area contributed by atoms with Gasteiger partial charge in [-0.05, 0) is 24.3 Å². The molecule has 1 aliphatic heterocycles. The van der Waals surface area contributed by atoms with Crippen LogP contribution < -0.4 is 0 Å². The molecule has 2 rings (SSSR count). The van der Waals surface area contributed by atoms with Gasteiger partial charge in [-0.2, -0.15) is 0 Å². The normalized spacial score (nSPS) is 24.3. The lowest BCUT2D eigenvalue weighted by Crippen LogP contribution is -2.53. The molecule has 0 N–H and O–H groups in total. The molecule has 1 aromatic rings. The summed E-state index contributed by atoms with van der Waals surface area (Å²) in [5.74, 6) is 0.865. The zero-order valence-corrected chi connectivity index (χ0v) is 11.5. The average molecular weight is 255 g/mol. The maximum atomic E-state index is 5.97. The first-order valence-corrected chi connectivity index (χ1v) is 6.10. The van der Waals surface area contributed by atoms with Crippen LogP contribution in [0.4, 0.5) is 0 Å². The maximum absolute atomic E-state index is 5.97. The molecule has 7 nitrogen and oxygen atoms in total. The lowest BCUT2D eigenvalue weighted by molar-refractivity contribution is -0.154. The van der Waals surface area contributed by atoms with Gasteiger partial charge in [0.05, 0.1) is 24.9 Å². The number of hydrogen-bond acceptors (Lipinski definition) is 6. The van der Waals surface area contributed by atoms with Crippen molar-refractivity contribution in [1.82, 2.24) is 25.1 Å². The molecule has 102 valence electrons. The Kier molecular flexibility index (Phi) is 3.94. The van der Waals surface area contributed by atoms with Crippen LogP contribution in [0.2, 0.25) is 0 Å². The number of nitrogens with zero attached hydrogens (tertiary/aromatic N) is 5. The third-order valence-corrected chi connectivity index (χ3v) is 2.98. The fraction of sp³-hybridized carbons (Fsp3) is 0.909. The number of ether oxygens (including phenoxy) is 2. The molecular weight excluding hydrogens is 234 g/mol. The summed E-state index contributed by atoms with van der Waals surface area (Å²) in [5, 5.41) is 11.5. The zero-order valence-electron chi connectivity index (χ0n) is 11.5. The molecule has 0 spiro atoms. The van der Waals surface area contributed by atoms with E-state index in [1.807, 2.05) is 7.05 Å². The summed E-state index contributed by atoms with van der Waals surface area (Å²) >= 11 is 0. The number of morpholine rings is 1. The van der Waals surface area contributed by atoms with E-state index < -0.39 is 0 Å². The fourth-order valence-electron chi connectivity index (χ4n) is 2.39. The third-order valence-electron chi connectivity index (χ3n) is 2.98. The molecule has 1 saturated heterocycles. The molecule has 0 aromatic carbocycles. The number of hydrogen-bond donors (Lipinski definition) is 0. The second kappa shape index (κ2) is 5.29. The summed E-state index contributed by atoms with van der Waals surface area (Å²) in [6, 6.07) is 0. The first kappa shape index (κ1) is 13.4. The van der Waals surface area contributed by atoms with Crippen LogP contribution in [-0.2, 0) is 23.1 Å². The van der Waals surface area contributed by atoms with Crippen LogP contribution in [0.5, 0.6) is 0 Å². The SMILES string of the molecule is COC[C@@H]1CN(Cc2nnnn2C)CC(C)(C)O1. The van der Waals surface area contributed by atoms with Crippen LogP contribution in [0.1, 0.15) is 19.7 Å². The van der Waals surface area contributed by atoms with Crippen LogP contribution >= 0.6 is 0 Å². The van der Waals surface area contributed by atoms with Gasteiger partial charge in [0.2, 0.25) is 0 Å². The van der Waals surface area contributed by atoms with E-state index in [2.05, 4.69) is 34.3 Å². The molecule has 1 aromatic heterocycles. The molecular formula is C11H21N5O2. The molecule has 7 heteroatoms. The van der Waals surface area contributed by atoms with Gasteiger partial charge in [0.15, 0.2) is 5.82 Å². The molecule has 1 atom stereocenters. The fourth-order valence-corrected chi connectivity index (χ4v) is 2.39. The third kappa shape index (κ3) is 3.24. The van der Waals surface area contributed by atoms with Crippen LogP contribution in [0, 0.1) is 0 Å². The van der Waals surface area contributed by atoms with Crippen molar-refractivity contribution in [3.05, 3.63) is 5.82 Å². The van der Waals surface area contributed by atoms with Gasteiger partial charge < -0.3 is 9.47 Å². The highest BCUT2D eigenvalue weighted by atomic mass is 16.5. The Morgan fingerprint density at radius 2 is 2.28 bits per heavy atom. The van der Waals surface area contributed by atoms with Gasteiger partial charge in [0.25, 0.3) is 0 Å². The minimum Gasteiger partial charge on any atom is -0.382 e. The summed E-state index contributed by atoms with van der Waals surface area (Å²) in [6.45, 7) is 7.23. The molecule has 0 amide bonds. The number of rotatable bonds is 4. The summed E-state index contributed by atoms with van der Waals surface area (Å²) in [5.41, 5.74) is -0.173. The molecule has 2 heterocycles. The molecule has 18 heavy (non-hydrogen) atoms. The van der Waals surface area contributed by atoms with E-state index in [0.717, 1.165) is 25.5 Å². The Bertz CT molecular complexity index is 393. The highest BCUT2D eigenvalue weighted by Gasteiger charge is 2.33. The number of aromatic nitrogens is 4. The van der Waals surface area contributed by atoms with Gasteiger partial charge in [-0.1, -0.05) is 0 Å². The molecule has 1 aliphatic rings. The zero-order chi connectivity index (χ0) is 13.2. The molecule has 0 unspecified atom stereocenters. The van der Waals surface area contributed by atoms with E-state index in [1.165, 1.54) is 0 Å². The second-order valence-electron chi connectivity index (χ2n) is 5.34. The van der Waals surface area contributed by atoms with Gasteiger partial charge in [-0.25, -0.2) is 4.68 Å². The van der Waals surface area contributed by atoms with Crippen LogP contribution in [-0.4, -0.2) is 63.6 Å². The van der Waals surface area contributed by atoms with Gasteiger partial charge >= 0.3 is 0 Å². The van der Waals surface area contributed by atoms with Crippen molar-refractivity contribution in [2.75, 3.05) is 26.8 Å². The first-order valence-electron chi connectivity index (χ1n) is 6.10. The van der Waals surface area contributed by atoms with Gasteiger partial charge in [-0.3, -0.25) is 4.90 Å². The Morgan fingerprint density at radius 1 is 1.50 bits per heavy atom. The molecule has 1 fully saturated rings. The lowest BCUT2D eigenvalue weighted by atomic mass is 10.1. The second-order valence-corrected chi connectivity index (χ2v) is 5.34. The average Bonchev–Trinajstić information content (AvgIpc) is 2.62. The largest absolute Gasteiger partial charge is 0.382 e. The Hall–Kier alpha value is -1.05. The Labute approximate surface area is 107 Å². The number of tetrazole rings is 1. The van der Waals surface area contributed by atoms with Crippen molar-refractivity contribution in [2.24, 2.45) is 7.05 Å². The minimum absolute atomic E-state index is 0.0972. The Morgan fingerprint density at radius 3 is 2.89 bits per heavy atom. The van der Waals surface area contributed by atoms with E-state index in [-0.39, 0.29) is 11.7 Å². The summed E-state index contributed by atoms with van der Waals surface area (Å²) < 4.78 is 12.9. The van der Waals surface area contributed by atoms with Gasteiger partial charge in [-0.15, -0.1) is 5.10 Å². The standard InChI is InChI=1S/C11H21N5O2/c1-11(2)8-16(5-9(18-11)7-17-4)6-10-12-13-14-15(10)3/h9H,5-8H2,1-4H3/t9-/m0/s1. The van der Waals surface area contributed by atoms with Crippen molar-refractivity contribution in [3.63, 3.8) is 0 Å². The quantitative estimate of drug-likeness (QED) is 0.744. The van der Waals surface area contributed by atoms with E-state index in [0.29, 0.717) is 6.61 Å². The highest BCUT2D eigenvalue weighted by molar-refractivity contribution is 4.88. The van der Waals surface area contributed by atoms with Crippen molar-refractivity contribution in [2.45, 2.75) is 32.1 Å². The Balaban J connectivity index is 2.01. The van der Waals surface area contributed by atoms with Crippen LogP contribution in [0.25, 0.3) is 0 Å². The first-order chi connectivity index (χ1) is 8.50. The molecule has 0 bridgehead atoms. The number of methoxy groups -OCH3 is 1. The van der Waals surface area contributed by atoms with Crippen molar-refractivity contribution >= 4 is 0 Å². The van der Waals surface area contributed by atoms with Gasteiger partial charge in [0, 0.05) is 27.2 Å². The van der Waals surface area contributed by atoms with Gasteiger partial charge in [0.1, 0.15) is 0 Å². The minimum atomic E-state index is -0.173. The summed E-state index contributed by atoms with van der Waals surface area (Å²) in [7, 11) is 3.55. The predicted octanol–water partition coefficient (Wildman–Crippen LogP) is -0.164. The number of aryl methyl sites for hydroxylation is 1. The van der Waals surface area contributed by atoms with Crippen LogP contribution in [0.3, 0.4) is 0 Å². The van der Waals surface area contributed by atoms with Crippen LogP contribution in [0.15, 0.2) is 0 Å². The van der Waals surface area contributed by atoms with E-state index in [1.54, 1.807) is 11.8 Å². The monoisotopic (exact) mass is 255 g/mol. The lowest BCUT2D eigenvalue weighted by Gasteiger charge is -2.42. The molecule has 0 aliphatic carbocycles. The predicted molar refractivity (Wildman–Crippen MR) is 64.9 cm³/mol. The topological polar surface area (TPSA) is 65.3 Å². The van der Waals surface area contributed by atoms with Crippen molar-refractivity contribution in [1.29, 1.82) is 0 Å². The maximum Gasteiger partial charge on any atom is 0.164 e. The van der Waals surface area contributed by atoms with E-state index >= 15 is 0 Å². The smallest absolute Gasteiger partial charge is 0.164 e. The summed E-state index contributed by atoms with van der Waals surface area (Å²) in [6.07, 6.45) is 0.0972. The van der Waals surface area contributed by atoms with E-state index in [9.17, 15) is 0 Å². The summed E-state index contributed by atoms with van der Waals surface area (Å²) in [4.78, 5) is 2.30. The van der Waals surface area contributed by atoms with Crippen molar-refractivity contribution in [3.8, 4) is 0 Å².